The van der Waals surface area contributed by atoms with Gasteiger partial charge in [0.2, 0.25) is 0 Å². The van der Waals surface area contributed by atoms with E-state index in [1.807, 2.05) is 38.9 Å². The van der Waals surface area contributed by atoms with Gasteiger partial charge in [0.05, 0.1) is 13.3 Å². The predicted molar refractivity (Wildman–Crippen MR) is 68.1 cm³/mol. The summed E-state index contributed by atoms with van der Waals surface area (Å²) in [5, 5.41) is 0.758. The number of benzene rings is 1. The van der Waals surface area contributed by atoms with Crippen LogP contribution in [0.25, 0.3) is 0 Å². The normalized spacial score (nSPS) is 13.0. The van der Waals surface area contributed by atoms with Crippen LogP contribution in [0.1, 0.15) is 22.9 Å². The smallest absolute Gasteiger partial charge is 0.125 e. The third kappa shape index (κ3) is 2.32. The van der Waals surface area contributed by atoms with Crippen LogP contribution in [0.2, 0.25) is 5.02 Å². The molecule has 0 saturated heterocycles. The predicted octanol–water partition coefficient (Wildman–Crippen LogP) is 2.48. The van der Waals surface area contributed by atoms with E-state index in [0.717, 1.165) is 27.5 Å². The molecule has 0 fully saturated rings. The Balaban J connectivity index is 3.41. The van der Waals surface area contributed by atoms with Gasteiger partial charge in [0.15, 0.2) is 0 Å². The third-order valence-electron chi connectivity index (χ3n) is 2.76. The van der Waals surface area contributed by atoms with Gasteiger partial charge in [-0.25, -0.2) is 0 Å². The topological polar surface area (TPSA) is 38.5 Å². The highest BCUT2D eigenvalue weighted by Gasteiger charge is 2.19. The van der Waals surface area contributed by atoms with E-state index < -0.39 is 0 Å². The third-order valence-corrected chi connectivity index (χ3v) is 3.35. The van der Waals surface area contributed by atoms with E-state index in [4.69, 9.17) is 22.1 Å². The van der Waals surface area contributed by atoms with Crippen molar-refractivity contribution in [3.05, 3.63) is 27.8 Å². The molecule has 1 atom stereocenters. The maximum absolute atomic E-state index is 6.23. The SMILES string of the molecule is COc1cc(C)c(Cl)c(C)c1C(N)N(C)C. The molecule has 0 aromatic heterocycles. The summed E-state index contributed by atoms with van der Waals surface area (Å²) in [5.41, 5.74) is 9.06. The lowest BCUT2D eigenvalue weighted by Gasteiger charge is -2.25. The standard InChI is InChI=1S/C12H19ClN2O/c1-7-6-9(16-5)10(8(2)11(7)13)12(14)15(3)4/h6,12H,14H2,1-5H3. The number of methoxy groups -OCH3 is 1. The highest BCUT2D eigenvalue weighted by atomic mass is 35.5. The zero-order valence-electron chi connectivity index (χ0n) is 10.5. The zero-order valence-corrected chi connectivity index (χ0v) is 11.2. The Bertz CT molecular complexity index is 391. The second-order valence-electron chi connectivity index (χ2n) is 4.16. The van der Waals surface area contributed by atoms with Crippen LogP contribution >= 0.6 is 11.6 Å². The molecule has 1 aromatic carbocycles. The minimum Gasteiger partial charge on any atom is -0.496 e. The summed E-state index contributed by atoms with van der Waals surface area (Å²) in [5.74, 6) is 0.792. The fourth-order valence-electron chi connectivity index (χ4n) is 1.73. The minimum atomic E-state index is -0.215. The van der Waals surface area contributed by atoms with Gasteiger partial charge < -0.3 is 10.5 Å². The van der Waals surface area contributed by atoms with Gasteiger partial charge in [0.1, 0.15) is 5.75 Å². The lowest BCUT2D eigenvalue weighted by molar-refractivity contribution is 0.294. The van der Waals surface area contributed by atoms with E-state index in [1.54, 1.807) is 7.11 Å². The molecule has 0 aliphatic heterocycles. The maximum Gasteiger partial charge on any atom is 0.125 e. The molecule has 0 bridgehead atoms. The first-order chi connectivity index (χ1) is 7.40. The van der Waals surface area contributed by atoms with E-state index in [2.05, 4.69) is 0 Å². The molecule has 0 aliphatic carbocycles. The van der Waals surface area contributed by atoms with Crippen LogP contribution in [0.3, 0.4) is 0 Å². The number of rotatable bonds is 3. The van der Waals surface area contributed by atoms with E-state index in [9.17, 15) is 0 Å². The molecule has 1 aromatic rings. The van der Waals surface area contributed by atoms with Gasteiger partial charge in [-0.1, -0.05) is 11.6 Å². The minimum absolute atomic E-state index is 0.215. The Morgan fingerprint density at radius 2 is 1.94 bits per heavy atom. The summed E-state index contributed by atoms with van der Waals surface area (Å²) in [6, 6.07) is 1.92. The monoisotopic (exact) mass is 242 g/mol. The first kappa shape index (κ1) is 13.3. The molecule has 3 nitrogen and oxygen atoms in total. The van der Waals surface area contributed by atoms with Crippen molar-refractivity contribution < 1.29 is 4.74 Å². The highest BCUT2D eigenvalue weighted by molar-refractivity contribution is 6.32. The zero-order chi connectivity index (χ0) is 12.5. The molecular formula is C12H19ClN2O. The van der Waals surface area contributed by atoms with Crippen molar-refractivity contribution >= 4 is 11.6 Å². The Morgan fingerprint density at radius 3 is 2.38 bits per heavy atom. The average Bonchev–Trinajstić information content (AvgIpc) is 2.24. The number of halogens is 1. The maximum atomic E-state index is 6.23. The molecule has 0 spiro atoms. The number of hydrogen-bond acceptors (Lipinski definition) is 3. The Labute approximate surface area is 102 Å². The van der Waals surface area contributed by atoms with Crippen LogP contribution in [0.5, 0.6) is 5.75 Å². The molecule has 1 unspecified atom stereocenters. The lowest BCUT2D eigenvalue weighted by atomic mass is 10.0. The van der Waals surface area contributed by atoms with Crippen LogP contribution in [0, 0.1) is 13.8 Å². The van der Waals surface area contributed by atoms with Crippen LogP contribution in [0.15, 0.2) is 6.07 Å². The molecular weight excluding hydrogens is 224 g/mol. The van der Waals surface area contributed by atoms with Crippen molar-refractivity contribution in [3.8, 4) is 5.75 Å². The van der Waals surface area contributed by atoms with Crippen molar-refractivity contribution in [1.82, 2.24) is 4.90 Å². The van der Waals surface area contributed by atoms with Crippen LogP contribution in [-0.2, 0) is 0 Å². The fourth-order valence-corrected chi connectivity index (χ4v) is 1.89. The molecule has 0 radical (unpaired) electrons. The number of nitrogens with two attached hydrogens (primary N) is 1. The summed E-state index contributed by atoms with van der Waals surface area (Å²) in [6.07, 6.45) is -0.215. The Kier molecular flexibility index (Phi) is 4.19. The van der Waals surface area contributed by atoms with Crippen molar-refractivity contribution in [2.45, 2.75) is 20.0 Å². The summed E-state index contributed by atoms with van der Waals surface area (Å²) in [6.45, 7) is 3.93. The molecule has 0 amide bonds. The number of ether oxygens (including phenoxy) is 1. The summed E-state index contributed by atoms with van der Waals surface area (Å²) >= 11 is 6.23. The van der Waals surface area contributed by atoms with Crippen LogP contribution in [-0.4, -0.2) is 26.1 Å². The first-order valence-electron chi connectivity index (χ1n) is 5.15. The largest absolute Gasteiger partial charge is 0.496 e. The molecule has 1 rings (SSSR count). The molecule has 90 valence electrons. The lowest BCUT2D eigenvalue weighted by Crippen LogP contribution is -2.28. The van der Waals surface area contributed by atoms with Gasteiger partial charge in [0, 0.05) is 10.6 Å². The van der Waals surface area contributed by atoms with Gasteiger partial charge in [0.25, 0.3) is 0 Å². The van der Waals surface area contributed by atoms with Gasteiger partial charge in [-0.05, 0) is 45.1 Å². The van der Waals surface area contributed by atoms with E-state index in [1.165, 1.54) is 0 Å². The van der Waals surface area contributed by atoms with Gasteiger partial charge in [-0.2, -0.15) is 0 Å². The van der Waals surface area contributed by atoms with Crippen LogP contribution < -0.4 is 10.5 Å². The van der Waals surface area contributed by atoms with Gasteiger partial charge in [-0.3, -0.25) is 4.90 Å². The molecule has 2 N–H and O–H groups in total. The average molecular weight is 243 g/mol. The molecule has 0 heterocycles. The summed E-state index contributed by atoms with van der Waals surface area (Å²) in [4.78, 5) is 1.93. The first-order valence-corrected chi connectivity index (χ1v) is 5.53. The van der Waals surface area contributed by atoms with E-state index in [0.29, 0.717) is 0 Å². The highest BCUT2D eigenvalue weighted by Crippen LogP contribution is 2.35. The van der Waals surface area contributed by atoms with Crippen molar-refractivity contribution in [2.24, 2.45) is 5.73 Å². The van der Waals surface area contributed by atoms with Crippen LogP contribution in [0.4, 0.5) is 0 Å². The van der Waals surface area contributed by atoms with Gasteiger partial charge in [-0.15, -0.1) is 0 Å². The molecule has 4 heteroatoms. The Hall–Kier alpha value is -0.770. The Morgan fingerprint density at radius 1 is 1.38 bits per heavy atom. The number of hydrogen-bond donors (Lipinski definition) is 1. The van der Waals surface area contributed by atoms with Crippen molar-refractivity contribution in [1.29, 1.82) is 0 Å². The fraction of sp³-hybridized carbons (Fsp3) is 0.500. The summed E-state index contributed by atoms with van der Waals surface area (Å²) < 4.78 is 5.37. The molecule has 0 aliphatic rings. The summed E-state index contributed by atoms with van der Waals surface area (Å²) in [7, 11) is 5.50. The van der Waals surface area contributed by atoms with Crippen molar-refractivity contribution in [3.63, 3.8) is 0 Å². The number of nitrogens with zero attached hydrogens (tertiary/aromatic N) is 1. The molecule has 16 heavy (non-hydrogen) atoms. The second kappa shape index (κ2) is 5.04. The van der Waals surface area contributed by atoms with Gasteiger partial charge >= 0.3 is 0 Å². The number of aryl methyl sites for hydroxylation is 1. The van der Waals surface area contributed by atoms with E-state index >= 15 is 0 Å². The second-order valence-corrected chi connectivity index (χ2v) is 4.53. The quantitative estimate of drug-likeness (QED) is 0.828. The van der Waals surface area contributed by atoms with Crippen molar-refractivity contribution in [2.75, 3.05) is 21.2 Å². The molecule has 0 saturated carbocycles. The van der Waals surface area contributed by atoms with E-state index in [-0.39, 0.29) is 6.17 Å².